The number of hydrogen-bond acceptors (Lipinski definition) is 6. The van der Waals surface area contributed by atoms with Crippen molar-refractivity contribution in [1.29, 1.82) is 0 Å². The third-order valence-corrected chi connectivity index (χ3v) is 2.38. The van der Waals surface area contributed by atoms with E-state index in [1.807, 2.05) is 0 Å². The molecule has 0 radical (unpaired) electrons. The first-order chi connectivity index (χ1) is 8.67. The molecule has 2 rings (SSSR count). The van der Waals surface area contributed by atoms with Crippen molar-refractivity contribution in [3.05, 3.63) is 29.8 Å². The molecule has 0 aliphatic carbocycles. The van der Waals surface area contributed by atoms with Crippen molar-refractivity contribution < 1.29 is 18.8 Å². The van der Waals surface area contributed by atoms with Gasteiger partial charge in [-0.2, -0.15) is 4.98 Å². The highest BCUT2D eigenvalue weighted by atomic mass is 19.1. The second-order valence-electron chi connectivity index (χ2n) is 3.56. The van der Waals surface area contributed by atoms with Gasteiger partial charge < -0.3 is 20.1 Å². The lowest BCUT2D eigenvalue weighted by Gasteiger charge is -2.04. The van der Waals surface area contributed by atoms with Crippen molar-refractivity contribution in [2.75, 3.05) is 13.7 Å². The summed E-state index contributed by atoms with van der Waals surface area (Å²) in [6.07, 6.45) is 0. The average molecular weight is 253 g/mol. The highest BCUT2D eigenvalue weighted by molar-refractivity contribution is 5.63. The van der Waals surface area contributed by atoms with Crippen LogP contribution in [0.5, 0.6) is 5.75 Å². The zero-order valence-corrected chi connectivity index (χ0v) is 9.63. The van der Waals surface area contributed by atoms with E-state index in [4.69, 9.17) is 20.1 Å². The maximum absolute atomic E-state index is 13.7. The standard InChI is InChI=1S/C11H12FN3O3/c1-17-8-4-2-3-6(12)9(8)11-14-10(15-18-11)7(13)5-16/h2-4,7,16H,5,13H2,1H3. The number of hydrogen-bond donors (Lipinski definition) is 2. The first-order valence-corrected chi connectivity index (χ1v) is 5.20. The number of rotatable bonds is 4. The third-order valence-electron chi connectivity index (χ3n) is 2.38. The largest absolute Gasteiger partial charge is 0.496 e. The monoisotopic (exact) mass is 253 g/mol. The number of nitrogens with two attached hydrogens (primary N) is 1. The molecule has 2 aromatic rings. The van der Waals surface area contributed by atoms with E-state index >= 15 is 0 Å². The van der Waals surface area contributed by atoms with Crippen molar-refractivity contribution in [2.45, 2.75) is 6.04 Å². The van der Waals surface area contributed by atoms with Crippen molar-refractivity contribution in [1.82, 2.24) is 10.1 Å². The summed E-state index contributed by atoms with van der Waals surface area (Å²) in [7, 11) is 1.41. The number of aliphatic hydroxyl groups is 1. The predicted octanol–water partition coefficient (Wildman–Crippen LogP) is 0.876. The van der Waals surface area contributed by atoms with Crippen LogP contribution in [0.25, 0.3) is 11.5 Å². The Morgan fingerprint density at radius 1 is 1.56 bits per heavy atom. The van der Waals surface area contributed by atoms with Gasteiger partial charge in [-0.3, -0.25) is 0 Å². The zero-order valence-electron chi connectivity index (χ0n) is 9.63. The molecule has 1 aromatic heterocycles. The van der Waals surface area contributed by atoms with Crippen molar-refractivity contribution >= 4 is 0 Å². The van der Waals surface area contributed by atoms with E-state index in [9.17, 15) is 4.39 Å². The van der Waals surface area contributed by atoms with Crippen LogP contribution in [0.4, 0.5) is 4.39 Å². The Bertz CT molecular complexity index is 544. The van der Waals surface area contributed by atoms with Gasteiger partial charge in [-0.15, -0.1) is 0 Å². The molecule has 7 heteroatoms. The van der Waals surface area contributed by atoms with Crippen LogP contribution in [-0.2, 0) is 0 Å². The number of benzene rings is 1. The van der Waals surface area contributed by atoms with E-state index < -0.39 is 11.9 Å². The van der Waals surface area contributed by atoms with Crippen LogP contribution in [-0.4, -0.2) is 29.0 Å². The second kappa shape index (κ2) is 5.11. The second-order valence-corrected chi connectivity index (χ2v) is 3.56. The molecule has 0 aliphatic rings. The normalized spacial score (nSPS) is 12.4. The smallest absolute Gasteiger partial charge is 0.264 e. The van der Waals surface area contributed by atoms with Gasteiger partial charge in [-0.1, -0.05) is 11.2 Å². The Balaban J connectivity index is 2.46. The topological polar surface area (TPSA) is 94.4 Å². The predicted molar refractivity (Wildman–Crippen MR) is 60.3 cm³/mol. The molecule has 96 valence electrons. The van der Waals surface area contributed by atoms with Crippen LogP contribution < -0.4 is 10.5 Å². The van der Waals surface area contributed by atoms with Crippen LogP contribution in [0.3, 0.4) is 0 Å². The molecule has 6 nitrogen and oxygen atoms in total. The van der Waals surface area contributed by atoms with Gasteiger partial charge in [0.05, 0.1) is 19.8 Å². The summed E-state index contributed by atoms with van der Waals surface area (Å²) in [6, 6.07) is 3.58. The minimum atomic E-state index is -0.764. The van der Waals surface area contributed by atoms with Crippen LogP contribution >= 0.6 is 0 Å². The van der Waals surface area contributed by atoms with Crippen LogP contribution in [0.2, 0.25) is 0 Å². The molecule has 1 aromatic carbocycles. The van der Waals surface area contributed by atoms with Gasteiger partial charge in [-0.25, -0.2) is 4.39 Å². The highest BCUT2D eigenvalue weighted by Crippen LogP contribution is 2.31. The van der Waals surface area contributed by atoms with Gasteiger partial charge in [0.15, 0.2) is 5.82 Å². The average Bonchev–Trinajstić information content (AvgIpc) is 2.86. The van der Waals surface area contributed by atoms with Gasteiger partial charge in [0.25, 0.3) is 5.89 Å². The summed E-state index contributed by atoms with van der Waals surface area (Å²) in [6.45, 7) is -0.326. The SMILES string of the molecule is COc1cccc(F)c1-c1nc(C(N)CO)no1. The molecule has 1 atom stereocenters. The quantitative estimate of drug-likeness (QED) is 0.839. The fourth-order valence-electron chi connectivity index (χ4n) is 1.45. The van der Waals surface area contributed by atoms with Gasteiger partial charge in [0.2, 0.25) is 0 Å². The van der Waals surface area contributed by atoms with Gasteiger partial charge in [0.1, 0.15) is 17.1 Å². The van der Waals surface area contributed by atoms with Gasteiger partial charge >= 0.3 is 0 Å². The lowest BCUT2D eigenvalue weighted by atomic mass is 10.2. The number of aromatic nitrogens is 2. The number of methoxy groups -OCH3 is 1. The molecule has 18 heavy (non-hydrogen) atoms. The Labute approximate surface area is 102 Å². The Kier molecular flexibility index (Phi) is 3.54. The molecule has 0 fully saturated rings. The number of nitrogens with zero attached hydrogens (tertiary/aromatic N) is 2. The summed E-state index contributed by atoms with van der Waals surface area (Å²) in [5.74, 6) is -0.188. The minimum Gasteiger partial charge on any atom is -0.496 e. The molecular weight excluding hydrogens is 241 g/mol. The molecule has 0 bridgehead atoms. The fourth-order valence-corrected chi connectivity index (χ4v) is 1.45. The van der Waals surface area contributed by atoms with Crippen molar-refractivity contribution in [3.8, 4) is 17.2 Å². The molecule has 0 spiro atoms. The maximum Gasteiger partial charge on any atom is 0.264 e. The number of aliphatic hydroxyl groups excluding tert-OH is 1. The van der Waals surface area contributed by atoms with E-state index in [2.05, 4.69) is 10.1 Å². The summed E-state index contributed by atoms with van der Waals surface area (Å²) >= 11 is 0. The first-order valence-electron chi connectivity index (χ1n) is 5.20. The molecule has 1 unspecified atom stereocenters. The lowest BCUT2D eigenvalue weighted by molar-refractivity contribution is 0.260. The van der Waals surface area contributed by atoms with E-state index in [0.717, 1.165) is 0 Å². The fraction of sp³-hybridized carbons (Fsp3) is 0.273. The molecule has 0 amide bonds. The van der Waals surface area contributed by atoms with Crippen molar-refractivity contribution in [3.63, 3.8) is 0 Å². The Morgan fingerprint density at radius 3 is 3.00 bits per heavy atom. The summed E-state index contributed by atoms with van der Waals surface area (Å²) in [5, 5.41) is 12.5. The first kappa shape index (κ1) is 12.5. The molecule has 1 heterocycles. The molecule has 0 saturated heterocycles. The maximum atomic E-state index is 13.7. The third kappa shape index (κ3) is 2.18. The van der Waals surface area contributed by atoms with E-state index in [1.165, 1.54) is 19.2 Å². The van der Waals surface area contributed by atoms with E-state index in [1.54, 1.807) is 6.07 Å². The Morgan fingerprint density at radius 2 is 2.33 bits per heavy atom. The highest BCUT2D eigenvalue weighted by Gasteiger charge is 2.20. The molecule has 0 aliphatic heterocycles. The Hall–Kier alpha value is -1.99. The minimum absolute atomic E-state index is 0.0381. The molecule has 0 saturated carbocycles. The molecular formula is C11H12FN3O3. The zero-order chi connectivity index (χ0) is 13.1. The molecule has 3 N–H and O–H groups in total. The van der Waals surface area contributed by atoms with Gasteiger partial charge in [0, 0.05) is 0 Å². The summed E-state index contributed by atoms with van der Waals surface area (Å²) < 4.78 is 23.7. The summed E-state index contributed by atoms with van der Waals surface area (Å²) in [5.41, 5.74) is 5.61. The van der Waals surface area contributed by atoms with Crippen LogP contribution in [0, 0.1) is 5.82 Å². The van der Waals surface area contributed by atoms with Crippen LogP contribution in [0.1, 0.15) is 11.9 Å². The summed E-state index contributed by atoms with van der Waals surface area (Å²) in [4.78, 5) is 3.94. The van der Waals surface area contributed by atoms with E-state index in [0.29, 0.717) is 0 Å². The number of halogens is 1. The van der Waals surface area contributed by atoms with E-state index in [-0.39, 0.29) is 29.6 Å². The van der Waals surface area contributed by atoms with Crippen molar-refractivity contribution in [2.24, 2.45) is 5.73 Å². The van der Waals surface area contributed by atoms with Gasteiger partial charge in [-0.05, 0) is 12.1 Å². The van der Waals surface area contributed by atoms with Crippen LogP contribution in [0.15, 0.2) is 22.7 Å². The number of ether oxygens (including phenoxy) is 1. The lowest BCUT2D eigenvalue weighted by Crippen LogP contribution is -2.15.